The lowest BCUT2D eigenvalue weighted by atomic mass is 10.1. The van der Waals surface area contributed by atoms with Gasteiger partial charge in [-0.2, -0.15) is 13.2 Å². The van der Waals surface area contributed by atoms with Crippen LogP contribution < -0.4 is 5.32 Å². The third-order valence-corrected chi connectivity index (χ3v) is 3.74. The Kier molecular flexibility index (Phi) is 4.75. The van der Waals surface area contributed by atoms with Crippen LogP contribution in [0.5, 0.6) is 0 Å². The maximum Gasteiger partial charge on any atom is 0.419 e. The van der Waals surface area contributed by atoms with Crippen LogP contribution in [0, 0.1) is 9.39 Å². The second kappa shape index (κ2) is 6.21. The molecule has 2 aromatic rings. The van der Waals surface area contributed by atoms with Gasteiger partial charge in [-0.1, -0.05) is 12.1 Å². The Bertz CT molecular complexity index is 623. The van der Waals surface area contributed by atoms with Crippen LogP contribution in [0.3, 0.4) is 0 Å². The lowest BCUT2D eigenvalue weighted by Crippen LogP contribution is -2.11. The Morgan fingerprint density at radius 2 is 1.67 bits per heavy atom. The maximum atomic E-state index is 13.2. The van der Waals surface area contributed by atoms with E-state index >= 15 is 0 Å². The van der Waals surface area contributed by atoms with Gasteiger partial charge in [0, 0.05) is 15.3 Å². The van der Waals surface area contributed by atoms with E-state index in [9.17, 15) is 17.6 Å². The summed E-state index contributed by atoms with van der Waals surface area (Å²) in [5.74, 6) is -1.27. The van der Waals surface area contributed by atoms with Crippen molar-refractivity contribution in [1.82, 2.24) is 0 Å². The molecule has 0 radical (unpaired) electrons. The topological polar surface area (TPSA) is 12.0 Å². The van der Waals surface area contributed by atoms with Crippen LogP contribution in [-0.4, -0.2) is 0 Å². The summed E-state index contributed by atoms with van der Waals surface area (Å²) in [6, 6.07) is 10.4. The molecule has 1 unspecified atom stereocenters. The molecule has 0 spiro atoms. The van der Waals surface area contributed by atoms with Crippen LogP contribution in [0.25, 0.3) is 0 Å². The first-order chi connectivity index (χ1) is 9.77. The zero-order valence-electron chi connectivity index (χ0n) is 11.0. The fourth-order valence-electron chi connectivity index (χ4n) is 1.92. The van der Waals surface area contributed by atoms with Crippen LogP contribution in [-0.2, 0) is 6.18 Å². The standard InChI is InChI=1S/C15H12F4IN/c1-9(10-2-4-11(20)5-3-10)21-12-6-7-14(16)13(8-12)15(17,18)19/h2-9,21H,1H3. The average molecular weight is 409 g/mol. The molecule has 2 aromatic carbocycles. The van der Waals surface area contributed by atoms with Gasteiger partial charge in [0.1, 0.15) is 5.82 Å². The number of hydrogen-bond donors (Lipinski definition) is 1. The maximum absolute atomic E-state index is 13.2. The van der Waals surface area contributed by atoms with E-state index in [0.717, 1.165) is 21.3 Å². The van der Waals surface area contributed by atoms with E-state index in [4.69, 9.17) is 0 Å². The minimum absolute atomic E-state index is 0.187. The van der Waals surface area contributed by atoms with Crippen molar-refractivity contribution < 1.29 is 17.6 Å². The number of alkyl halides is 3. The number of hydrogen-bond acceptors (Lipinski definition) is 1. The van der Waals surface area contributed by atoms with Crippen LogP contribution >= 0.6 is 22.6 Å². The normalized spacial score (nSPS) is 13.0. The van der Waals surface area contributed by atoms with Crippen molar-refractivity contribution in [3.05, 3.63) is 63.0 Å². The van der Waals surface area contributed by atoms with Gasteiger partial charge in [-0.3, -0.25) is 0 Å². The molecule has 1 N–H and O–H groups in total. The van der Waals surface area contributed by atoms with Crippen molar-refractivity contribution in [3.8, 4) is 0 Å². The number of rotatable bonds is 3. The fourth-order valence-corrected chi connectivity index (χ4v) is 2.28. The van der Waals surface area contributed by atoms with E-state index in [1.54, 1.807) is 0 Å². The minimum Gasteiger partial charge on any atom is -0.379 e. The number of nitrogens with one attached hydrogen (secondary N) is 1. The summed E-state index contributed by atoms with van der Waals surface area (Å²) in [6.07, 6.45) is -4.70. The Morgan fingerprint density at radius 3 is 2.24 bits per heavy atom. The average Bonchev–Trinajstić information content (AvgIpc) is 2.40. The second-order valence-corrected chi connectivity index (χ2v) is 5.86. The molecule has 1 atom stereocenters. The highest BCUT2D eigenvalue weighted by Crippen LogP contribution is 2.33. The molecule has 0 heterocycles. The van der Waals surface area contributed by atoms with Gasteiger partial charge in [0.15, 0.2) is 0 Å². The van der Waals surface area contributed by atoms with Gasteiger partial charge in [0.25, 0.3) is 0 Å². The van der Waals surface area contributed by atoms with Gasteiger partial charge in [0.2, 0.25) is 0 Å². The molecule has 0 aliphatic carbocycles. The summed E-state index contributed by atoms with van der Waals surface area (Å²) in [4.78, 5) is 0. The molecular weight excluding hydrogens is 397 g/mol. The second-order valence-electron chi connectivity index (χ2n) is 4.61. The molecule has 0 amide bonds. The quantitative estimate of drug-likeness (QED) is 0.513. The zero-order valence-corrected chi connectivity index (χ0v) is 13.2. The zero-order chi connectivity index (χ0) is 15.6. The van der Waals surface area contributed by atoms with Gasteiger partial charge < -0.3 is 5.32 Å². The largest absolute Gasteiger partial charge is 0.419 e. The van der Waals surface area contributed by atoms with Crippen LogP contribution in [0.1, 0.15) is 24.1 Å². The first-order valence-electron chi connectivity index (χ1n) is 6.16. The van der Waals surface area contributed by atoms with Crippen molar-refractivity contribution in [3.63, 3.8) is 0 Å². The van der Waals surface area contributed by atoms with E-state index < -0.39 is 17.6 Å². The van der Waals surface area contributed by atoms with Gasteiger partial charge in [-0.15, -0.1) is 0 Å². The SMILES string of the molecule is CC(Nc1ccc(F)c(C(F)(F)F)c1)c1ccc(I)cc1. The third kappa shape index (κ3) is 4.09. The summed E-state index contributed by atoms with van der Waals surface area (Å²) in [5, 5.41) is 2.95. The van der Waals surface area contributed by atoms with Crippen LogP contribution in [0.2, 0.25) is 0 Å². The molecule has 0 saturated heterocycles. The Morgan fingerprint density at radius 1 is 1.05 bits per heavy atom. The molecule has 0 bridgehead atoms. The summed E-state index contributed by atoms with van der Waals surface area (Å²) in [6.45, 7) is 1.83. The molecule has 2 rings (SSSR count). The summed E-state index contributed by atoms with van der Waals surface area (Å²) < 4.78 is 52.3. The molecule has 6 heteroatoms. The van der Waals surface area contributed by atoms with E-state index in [0.29, 0.717) is 0 Å². The fraction of sp³-hybridized carbons (Fsp3) is 0.200. The van der Waals surface area contributed by atoms with E-state index in [1.165, 1.54) is 6.07 Å². The van der Waals surface area contributed by atoms with Crippen LogP contribution in [0.15, 0.2) is 42.5 Å². The van der Waals surface area contributed by atoms with Crippen molar-refractivity contribution in [1.29, 1.82) is 0 Å². The van der Waals surface area contributed by atoms with Gasteiger partial charge >= 0.3 is 6.18 Å². The number of halogens is 5. The van der Waals surface area contributed by atoms with Crippen molar-refractivity contribution in [2.45, 2.75) is 19.1 Å². The molecule has 0 aliphatic rings. The van der Waals surface area contributed by atoms with Gasteiger partial charge in [-0.05, 0) is 65.4 Å². The first-order valence-corrected chi connectivity index (χ1v) is 7.24. The Hall–Kier alpha value is -1.31. The van der Waals surface area contributed by atoms with Crippen molar-refractivity contribution in [2.75, 3.05) is 5.32 Å². The van der Waals surface area contributed by atoms with E-state index in [2.05, 4.69) is 27.9 Å². The first kappa shape index (κ1) is 16.1. The highest BCUT2D eigenvalue weighted by Gasteiger charge is 2.34. The predicted octanol–water partition coefficient (Wildman–Crippen LogP) is 5.62. The summed E-state index contributed by atoms with van der Waals surface area (Å²) in [5.41, 5.74) is -0.0922. The lowest BCUT2D eigenvalue weighted by Gasteiger charge is -2.17. The smallest absolute Gasteiger partial charge is 0.379 e. The molecule has 1 nitrogen and oxygen atoms in total. The molecule has 0 fully saturated rings. The highest BCUT2D eigenvalue weighted by atomic mass is 127. The van der Waals surface area contributed by atoms with Crippen LogP contribution in [0.4, 0.5) is 23.2 Å². The molecule has 0 saturated carbocycles. The number of anilines is 1. The van der Waals surface area contributed by atoms with E-state index in [1.807, 2.05) is 31.2 Å². The Labute approximate surface area is 133 Å². The lowest BCUT2D eigenvalue weighted by molar-refractivity contribution is -0.139. The highest BCUT2D eigenvalue weighted by molar-refractivity contribution is 14.1. The number of benzene rings is 2. The molecule has 0 aliphatic heterocycles. The molecular formula is C15H12F4IN. The van der Waals surface area contributed by atoms with E-state index in [-0.39, 0.29) is 11.7 Å². The predicted molar refractivity (Wildman–Crippen MR) is 82.6 cm³/mol. The molecule has 21 heavy (non-hydrogen) atoms. The Balaban J connectivity index is 2.21. The summed E-state index contributed by atoms with van der Waals surface area (Å²) >= 11 is 2.17. The minimum atomic E-state index is -4.70. The van der Waals surface area contributed by atoms with Crippen molar-refractivity contribution >= 4 is 28.3 Å². The summed E-state index contributed by atoms with van der Waals surface area (Å²) in [7, 11) is 0. The molecule has 0 aromatic heterocycles. The van der Waals surface area contributed by atoms with Crippen molar-refractivity contribution in [2.24, 2.45) is 0 Å². The molecule has 112 valence electrons. The third-order valence-electron chi connectivity index (χ3n) is 3.02. The van der Waals surface area contributed by atoms with Gasteiger partial charge in [-0.25, -0.2) is 4.39 Å². The monoisotopic (exact) mass is 409 g/mol. The van der Waals surface area contributed by atoms with Gasteiger partial charge in [0.05, 0.1) is 5.56 Å².